The third-order valence-electron chi connectivity index (χ3n) is 3.02. The highest BCUT2D eigenvalue weighted by molar-refractivity contribution is 5.76. The van der Waals surface area contributed by atoms with E-state index >= 15 is 0 Å². The van der Waals surface area contributed by atoms with Gasteiger partial charge in [-0.1, -0.05) is 11.3 Å². The monoisotopic (exact) mass is 289 g/mol. The fraction of sp³-hybridized carbons (Fsp3) is 0.545. The third kappa shape index (κ3) is 3.35. The second kappa shape index (κ2) is 5.61. The summed E-state index contributed by atoms with van der Waals surface area (Å²) in [6.07, 6.45) is -1.90. The van der Waals surface area contributed by atoms with E-state index in [-0.39, 0.29) is 38.5 Å². The van der Waals surface area contributed by atoms with E-state index in [1.807, 2.05) is 0 Å². The van der Waals surface area contributed by atoms with E-state index in [1.54, 1.807) is 6.20 Å². The Hall–Kier alpha value is -1.90. The zero-order valence-electron chi connectivity index (χ0n) is 10.6. The van der Waals surface area contributed by atoms with Crippen molar-refractivity contribution in [2.24, 2.45) is 5.73 Å². The van der Waals surface area contributed by atoms with Gasteiger partial charge < -0.3 is 10.6 Å². The number of amides is 1. The minimum absolute atomic E-state index is 0.0356. The van der Waals surface area contributed by atoms with Gasteiger partial charge in [0.1, 0.15) is 6.54 Å². The van der Waals surface area contributed by atoms with Crippen LogP contribution < -0.4 is 5.73 Å². The molecule has 0 bridgehead atoms. The van der Waals surface area contributed by atoms with Crippen LogP contribution in [0.25, 0.3) is 0 Å². The first-order valence-electron chi connectivity index (χ1n) is 6.03. The third-order valence-corrected chi connectivity index (χ3v) is 3.02. The standard InChI is InChI=1S/C11H14F3N5O/c12-11(13,14)8-1-3-18(4-2-8)10(20)7-19-6-9(5-15)16-17-19/h1,6H,2-5,7,15H2. The average Bonchev–Trinajstić information content (AvgIpc) is 2.85. The molecule has 110 valence electrons. The summed E-state index contributed by atoms with van der Waals surface area (Å²) in [7, 11) is 0. The molecule has 1 aromatic heterocycles. The van der Waals surface area contributed by atoms with Crippen molar-refractivity contribution < 1.29 is 18.0 Å². The van der Waals surface area contributed by atoms with Crippen molar-refractivity contribution in [1.29, 1.82) is 0 Å². The Morgan fingerprint density at radius 3 is 2.70 bits per heavy atom. The minimum atomic E-state index is -4.31. The molecule has 1 aliphatic rings. The molecule has 0 saturated heterocycles. The molecule has 2 heterocycles. The molecular weight excluding hydrogens is 275 g/mol. The molecule has 9 heteroatoms. The van der Waals surface area contributed by atoms with Crippen LogP contribution in [0.15, 0.2) is 17.8 Å². The summed E-state index contributed by atoms with van der Waals surface area (Å²) in [5.74, 6) is -0.295. The van der Waals surface area contributed by atoms with Crippen LogP contribution in [0.1, 0.15) is 12.1 Å². The van der Waals surface area contributed by atoms with Crippen molar-refractivity contribution >= 4 is 5.91 Å². The highest BCUT2D eigenvalue weighted by Gasteiger charge is 2.35. The molecule has 20 heavy (non-hydrogen) atoms. The van der Waals surface area contributed by atoms with Crippen molar-refractivity contribution in [3.63, 3.8) is 0 Å². The Morgan fingerprint density at radius 2 is 2.20 bits per heavy atom. The number of carbonyl (C=O) groups is 1. The van der Waals surface area contributed by atoms with Gasteiger partial charge in [-0.3, -0.25) is 4.79 Å². The van der Waals surface area contributed by atoms with Gasteiger partial charge in [-0.05, 0) is 6.42 Å². The second-order valence-corrected chi connectivity index (χ2v) is 4.43. The van der Waals surface area contributed by atoms with Crippen LogP contribution in [-0.2, 0) is 17.9 Å². The molecule has 0 spiro atoms. The van der Waals surface area contributed by atoms with E-state index in [4.69, 9.17) is 5.73 Å². The normalized spacial score (nSPS) is 16.2. The van der Waals surface area contributed by atoms with Crippen LogP contribution in [0.5, 0.6) is 0 Å². The van der Waals surface area contributed by atoms with Gasteiger partial charge in [0.2, 0.25) is 5.91 Å². The summed E-state index contributed by atoms with van der Waals surface area (Å²) < 4.78 is 38.7. The lowest BCUT2D eigenvalue weighted by atomic mass is 10.1. The van der Waals surface area contributed by atoms with Crippen LogP contribution >= 0.6 is 0 Å². The summed E-state index contributed by atoms with van der Waals surface area (Å²) in [4.78, 5) is 13.3. The smallest absolute Gasteiger partial charge is 0.337 e. The number of rotatable bonds is 3. The molecule has 0 atom stereocenters. The first kappa shape index (κ1) is 14.5. The van der Waals surface area contributed by atoms with Crippen LogP contribution in [0.2, 0.25) is 0 Å². The van der Waals surface area contributed by atoms with Gasteiger partial charge in [0.15, 0.2) is 0 Å². The number of alkyl halides is 3. The number of hydrogen-bond acceptors (Lipinski definition) is 4. The van der Waals surface area contributed by atoms with Gasteiger partial charge in [-0.2, -0.15) is 13.2 Å². The maximum atomic E-state index is 12.5. The first-order valence-corrected chi connectivity index (χ1v) is 6.03. The van der Waals surface area contributed by atoms with E-state index in [0.29, 0.717) is 5.69 Å². The highest BCUT2D eigenvalue weighted by Crippen LogP contribution is 2.30. The van der Waals surface area contributed by atoms with E-state index in [9.17, 15) is 18.0 Å². The van der Waals surface area contributed by atoms with E-state index in [1.165, 1.54) is 9.58 Å². The zero-order chi connectivity index (χ0) is 14.8. The molecule has 0 aliphatic carbocycles. The van der Waals surface area contributed by atoms with Crippen molar-refractivity contribution in [3.05, 3.63) is 23.5 Å². The quantitative estimate of drug-likeness (QED) is 0.820. The second-order valence-electron chi connectivity index (χ2n) is 4.43. The van der Waals surface area contributed by atoms with Gasteiger partial charge in [0.25, 0.3) is 0 Å². The number of hydrogen-bond donors (Lipinski definition) is 1. The van der Waals surface area contributed by atoms with Crippen molar-refractivity contribution in [2.75, 3.05) is 13.1 Å². The summed E-state index contributed by atoms with van der Waals surface area (Å²) in [5, 5.41) is 7.45. The van der Waals surface area contributed by atoms with Crippen LogP contribution in [-0.4, -0.2) is 45.1 Å². The van der Waals surface area contributed by atoms with Crippen molar-refractivity contribution in [2.45, 2.75) is 25.7 Å². The largest absolute Gasteiger partial charge is 0.412 e. The molecule has 1 aromatic rings. The fourth-order valence-corrected chi connectivity index (χ4v) is 1.90. The summed E-state index contributed by atoms with van der Waals surface area (Å²) >= 11 is 0. The maximum absolute atomic E-state index is 12.5. The number of nitrogens with two attached hydrogens (primary N) is 1. The summed E-state index contributed by atoms with van der Waals surface area (Å²) in [6.45, 7) is 0.187. The lowest BCUT2D eigenvalue weighted by Crippen LogP contribution is -2.38. The molecule has 0 fully saturated rings. The Labute approximate surface area is 113 Å². The molecule has 6 nitrogen and oxygen atoms in total. The van der Waals surface area contributed by atoms with Crippen molar-refractivity contribution in [3.8, 4) is 0 Å². The van der Waals surface area contributed by atoms with Crippen LogP contribution in [0.4, 0.5) is 13.2 Å². The number of nitrogens with zero attached hydrogens (tertiary/aromatic N) is 4. The maximum Gasteiger partial charge on any atom is 0.412 e. The van der Waals surface area contributed by atoms with E-state index < -0.39 is 11.7 Å². The Bertz CT molecular complexity index is 522. The number of aromatic nitrogens is 3. The number of carbonyl (C=O) groups excluding carboxylic acids is 1. The zero-order valence-corrected chi connectivity index (χ0v) is 10.6. The summed E-state index contributed by atoms with van der Waals surface area (Å²) in [6, 6.07) is 0. The molecular formula is C11H14F3N5O. The van der Waals surface area contributed by atoms with Gasteiger partial charge in [-0.25, -0.2) is 4.68 Å². The molecule has 2 rings (SSSR count). The Kier molecular flexibility index (Phi) is 4.07. The van der Waals surface area contributed by atoms with E-state index in [2.05, 4.69) is 10.3 Å². The van der Waals surface area contributed by atoms with Crippen molar-refractivity contribution in [1.82, 2.24) is 19.9 Å². The topological polar surface area (TPSA) is 77.0 Å². The van der Waals surface area contributed by atoms with Crippen LogP contribution in [0.3, 0.4) is 0 Å². The molecule has 1 aliphatic heterocycles. The van der Waals surface area contributed by atoms with Gasteiger partial charge in [0.05, 0.1) is 11.9 Å². The molecule has 0 unspecified atom stereocenters. The Balaban J connectivity index is 1.93. The fourth-order valence-electron chi connectivity index (χ4n) is 1.90. The highest BCUT2D eigenvalue weighted by atomic mass is 19.4. The minimum Gasteiger partial charge on any atom is -0.337 e. The number of halogens is 3. The Morgan fingerprint density at radius 1 is 1.45 bits per heavy atom. The van der Waals surface area contributed by atoms with E-state index in [0.717, 1.165) is 6.08 Å². The lowest BCUT2D eigenvalue weighted by molar-refractivity contribution is -0.133. The average molecular weight is 289 g/mol. The SMILES string of the molecule is NCc1cn(CC(=O)N2CC=C(C(F)(F)F)CC2)nn1. The van der Waals surface area contributed by atoms with Gasteiger partial charge in [0, 0.05) is 25.2 Å². The molecule has 0 aromatic carbocycles. The molecule has 0 radical (unpaired) electrons. The predicted molar refractivity (Wildman–Crippen MR) is 63.2 cm³/mol. The van der Waals surface area contributed by atoms with Gasteiger partial charge in [-0.15, -0.1) is 5.10 Å². The molecule has 1 amide bonds. The lowest BCUT2D eigenvalue weighted by Gasteiger charge is -2.27. The predicted octanol–water partition coefficient (Wildman–Crippen LogP) is 0.458. The van der Waals surface area contributed by atoms with Gasteiger partial charge >= 0.3 is 6.18 Å². The van der Waals surface area contributed by atoms with Crippen LogP contribution in [0, 0.1) is 0 Å². The molecule has 2 N–H and O–H groups in total. The molecule has 0 saturated carbocycles. The summed E-state index contributed by atoms with van der Waals surface area (Å²) in [5.41, 5.74) is 5.34. The first-order chi connectivity index (χ1) is 9.40.